The van der Waals surface area contributed by atoms with E-state index in [1.54, 1.807) is 13.1 Å². The number of benzene rings is 1. The van der Waals surface area contributed by atoms with Gasteiger partial charge < -0.3 is 5.32 Å². The van der Waals surface area contributed by atoms with Crippen LogP contribution in [0.3, 0.4) is 0 Å². The summed E-state index contributed by atoms with van der Waals surface area (Å²) < 4.78 is 2.84. The van der Waals surface area contributed by atoms with Gasteiger partial charge in [0, 0.05) is 18.6 Å². The first-order chi connectivity index (χ1) is 9.04. The number of aromatic nitrogens is 3. The van der Waals surface area contributed by atoms with Gasteiger partial charge in [-0.25, -0.2) is 14.0 Å². The first-order valence-corrected chi connectivity index (χ1v) is 6.59. The van der Waals surface area contributed by atoms with Gasteiger partial charge in [-0.2, -0.15) is 0 Å². The van der Waals surface area contributed by atoms with Crippen molar-refractivity contribution in [3.63, 3.8) is 0 Å². The normalized spacial score (nSPS) is 10.7. The standard InChI is InChI=1S/C13H17ClN4O/c1-4-7-15-12-16-17(3)13(19)18(12)10-6-5-9(2)11(14)8-10/h5-6,8H,4,7H2,1-3H3,(H,15,16). The zero-order valence-electron chi connectivity index (χ0n) is 11.3. The Morgan fingerprint density at radius 2 is 2.16 bits per heavy atom. The molecule has 5 nitrogen and oxygen atoms in total. The van der Waals surface area contributed by atoms with Crippen LogP contribution in [0.2, 0.25) is 5.02 Å². The van der Waals surface area contributed by atoms with Crippen LogP contribution in [-0.2, 0) is 7.05 Å². The molecule has 0 saturated heterocycles. The van der Waals surface area contributed by atoms with E-state index in [4.69, 9.17) is 11.6 Å². The third-order valence-corrected chi connectivity index (χ3v) is 3.28. The van der Waals surface area contributed by atoms with E-state index in [1.807, 2.05) is 19.1 Å². The summed E-state index contributed by atoms with van der Waals surface area (Å²) in [4.78, 5) is 12.1. The third-order valence-electron chi connectivity index (χ3n) is 2.87. The Hall–Kier alpha value is -1.75. The summed E-state index contributed by atoms with van der Waals surface area (Å²) in [6.07, 6.45) is 0.958. The summed E-state index contributed by atoms with van der Waals surface area (Å²) in [5.41, 5.74) is 1.50. The molecule has 0 aliphatic carbocycles. The lowest BCUT2D eigenvalue weighted by Gasteiger charge is -2.08. The largest absolute Gasteiger partial charge is 0.354 e. The lowest BCUT2D eigenvalue weighted by molar-refractivity contribution is 0.726. The Balaban J connectivity index is 2.53. The van der Waals surface area contributed by atoms with Crippen LogP contribution in [0.5, 0.6) is 0 Å². The van der Waals surface area contributed by atoms with E-state index in [0.29, 0.717) is 16.7 Å². The molecule has 1 heterocycles. The van der Waals surface area contributed by atoms with E-state index in [9.17, 15) is 4.79 Å². The smallest absolute Gasteiger partial charge is 0.351 e. The molecule has 1 aromatic carbocycles. The predicted octanol–water partition coefficient (Wildman–Crippen LogP) is 2.35. The molecule has 1 aromatic heterocycles. The third kappa shape index (κ3) is 2.66. The summed E-state index contributed by atoms with van der Waals surface area (Å²) in [6, 6.07) is 5.53. The fourth-order valence-corrected chi connectivity index (χ4v) is 1.94. The van der Waals surface area contributed by atoms with Gasteiger partial charge in [0.05, 0.1) is 5.69 Å². The second-order valence-electron chi connectivity index (χ2n) is 4.43. The van der Waals surface area contributed by atoms with Gasteiger partial charge in [0.15, 0.2) is 0 Å². The van der Waals surface area contributed by atoms with E-state index in [1.165, 1.54) is 9.25 Å². The van der Waals surface area contributed by atoms with Crippen molar-refractivity contribution in [2.24, 2.45) is 7.05 Å². The maximum absolute atomic E-state index is 12.1. The predicted molar refractivity (Wildman–Crippen MR) is 77.3 cm³/mol. The van der Waals surface area contributed by atoms with E-state index in [2.05, 4.69) is 17.3 Å². The van der Waals surface area contributed by atoms with Gasteiger partial charge in [-0.3, -0.25) is 0 Å². The summed E-state index contributed by atoms with van der Waals surface area (Å²) >= 11 is 6.12. The van der Waals surface area contributed by atoms with Crippen molar-refractivity contribution >= 4 is 17.5 Å². The van der Waals surface area contributed by atoms with Gasteiger partial charge in [0.25, 0.3) is 0 Å². The molecule has 102 valence electrons. The molecule has 0 saturated carbocycles. The van der Waals surface area contributed by atoms with Crippen molar-refractivity contribution in [2.75, 3.05) is 11.9 Å². The second kappa shape index (κ2) is 5.48. The zero-order valence-corrected chi connectivity index (χ0v) is 12.0. The number of hydrogen-bond acceptors (Lipinski definition) is 3. The Morgan fingerprint density at radius 3 is 2.79 bits per heavy atom. The maximum Gasteiger partial charge on any atom is 0.351 e. The minimum absolute atomic E-state index is 0.196. The Bertz CT molecular complexity index is 645. The average Bonchev–Trinajstić information content (AvgIpc) is 2.66. The Labute approximate surface area is 116 Å². The van der Waals surface area contributed by atoms with Crippen molar-refractivity contribution in [1.82, 2.24) is 14.3 Å². The lowest BCUT2D eigenvalue weighted by atomic mass is 10.2. The number of rotatable bonds is 4. The number of halogens is 1. The van der Waals surface area contributed by atoms with Crippen LogP contribution in [0, 0.1) is 6.92 Å². The van der Waals surface area contributed by atoms with E-state index >= 15 is 0 Å². The molecule has 0 atom stereocenters. The fourth-order valence-electron chi connectivity index (χ4n) is 1.77. The van der Waals surface area contributed by atoms with Crippen LogP contribution in [0.1, 0.15) is 18.9 Å². The highest BCUT2D eigenvalue weighted by Gasteiger charge is 2.13. The molecule has 6 heteroatoms. The molecule has 0 fully saturated rings. The minimum atomic E-state index is -0.196. The van der Waals surface area contributed by atoms with Gasteiger partial charge in [0.1, 0.15) is 0 Å². The highest BCUT2D eigenvalue weighted by atomic mass is 35.5. The van der Waals surface area contributed by atoms with Crippen LogP contribution < -0.4 is 11.0 Å². The number of nitrogens with one attached hydrogen (secondary N) is 1. The monoisotopic (exact) mass is 280 g/mol. The van der Waals surface area contributed by atoms with Gasteiger partial charge in [-0.05, 0) is 31.0 Å². The van der Waals surface area contributed by atoms with Crippen LogP contribution in [-0.4, -0.2) is 20.9 Å². The van der Waals surface area contributed by atoms with Gasteiger partial charge >= 0.3 is 5.69 Å². The highest BCUT2D eigenvalue weighted by molar-refractivity contribution is 6.31. The summed E-state index contributed by atoms with van der Waals surface area (Å²) in [5.74, 6) is 0.536. The van der Waals surface area contributed by atoms with Crippen molar-refractivity contribution in [3.05, 3.63) is 39.3 Å². The van der Waals surface area contributed by atoms with Crippen molar-refractivity contribution in [3.8, 4) is 5.69 Å². The molecule has 19 heavy (non-hydrogen) atoms. The average molecular weight is 281 g/mol. The summed E-state index contributed by atoms with van der Waals surface area (Å²) in [7, 11) is 1.63. The van der Waals surface area contributed by atoms with Crippen molar-refractivity contribution < 1.29 is 0 Å². The SMILES string of the molecule is CCCNc1nn(C)c(=O)n1-c1ccc(C)c(Cl)c1. The molecule has 0 aliphatic rings. The molecule has 0 radical (unpaired) electrons. The van der Waals surface area contributed by atoms with Gasteiger partial charge in [-0.15, -0.1) is 5.10 Å². The topological polar surface area (TPSA) is 51.9 Å². The second-order valence-corrected chi connectivity index (χ2v) is 4.83. The van der Waals surface area contributed by atoms with Crippen LogP contribution in [0.4, 0.5) is 5.95 Å². The summed E-state index contributed by atoms with van der Waals surface area (Å²) in [6.45, 7) is 4.74. The molecule has 1 N–H and O–H groups in total. The molecular weight excluding hydrogens is 264 g/mol. The molecular formula is C13H17ClN4O. The maximum atomic E-state index is 12.1. The quantitative estimate of drug-likeness (QED) is 0.935. The van der Waals surface area contributed by atoms with Gasteiger partial charge in [-0.1, -0.05) is 24.6 Å². The van der Waals surface area contributed by atoms with Crippen molar-refractivity contribution in [1.29, 1.82) is 0 Å². The molecule has 2 rings (SSSR count). The van der Waals surface area contributed by atoms with E-state index in [-0.39, 0.29) is 5.69 Å². The first-order valence-electron chi connectivity index (χ1n) is 6.21. The van der Waals surface area contributed by atoms with E-state index in [0.717, 1.165) is 18.5 Å². The Kier molecular flexibility index (Phi) is 3.95. The summed E-state index contributed by atoms with van der Waals surface area (Å²) in [5, 5.41) is 7.97. The van der Waals surface area contributed by atoms with Crippen molar-refractivity contribution in [2.45, 2.75) is 20.3 Å². The van der Waals surface area contributed by atoms with Crippen LogP contribution in [0.15, 0.2) is 23.0 Å². The van der Waals surface area contributed by atoms with Crippen LogP contribution in [0.25, 0.3) is 5.69 Å². The van der Waals surface area contributed by atoms with Crippen LogP contribution >= 0.6 is 11.6 Å². The zero-order chi connectivity index (χ0) is 14.0. The Morgan fingerprint density at radius 1 is 1.42 bits per heavy atom. The fraction of sp³-hybridized carbons (Fsp3) is 0.385. The number of aryl methyl sites for hydroxylation is 2. The molecule has 0 amide bonds. The minimum Gasteiger partial charge on any atom is -0.354 e. The number of hydrogen-bond donors (Lipinski definition) is 1. The number of anilines is 1. The first kappa shape index (κ1) is 13.7. The molecule has 0 aliphatic heterocycles. The molecule has 0 unspecified atom stereocenters. The van der Waals surface area contributed by atoms with Gasteiger partial charge in [0.2, 0.25) is 5.95 Å². The van der Waals surface area contributed by atoms with E-state index < -0.39 is 0 Å². The molecule has 0 bridgehead atoms. The molecule has 0 spiro atoms. The number of nitrogens with zero attached hydrogens (tertiary/aromatic N) is 3. The highest BCUT2D eigenvalue weighted by Crippen LogP contribution is 2.20. The molecule has 2 aromatic rings. The lowest BCUT2D eigenvalue weighted by Crippen LogP contribution is -2.22.